The zero-order chi connectivity index (χ0) is 23.8. The molecule has 1 atom stereocenters. The van der Waals surface area contributed by atoms with E-state index < -0.39 is 27.7 Å². The Kier molecular flexibility index (Phi) is 5.66. The van der Waals surface area contributed by atoms with E-state index in [2.05, 4.69) is 19.0 Å². The number of alkyl halides is 3. The van der Waals surface area contributed by atoms with Crippen LogP contribution in [0.1, 0.15) is 21.8 Å². The van der Waals surface area contributed by atoms with Crippen molar-refractivity contribution in [2.24, 2.45) is 4.36 Å². The number of carbonyl (C=O) groups is 1. The molecule has 0 saturated carbocycles. The molecule has 0 aliphatic rings. The molecule has 2 aromatic carbocycles. The number of aryl methyl sites for hydroxylation is 1. The van der Waals surface area contributed by atoms with E-state index in [0.29, 0.717) is 16.1 Å². The van der Waals surface area contributed by atoms with Crippen molar-refractivity contribution in [3.8, 4) is 17.1 Å². The molecule has 0 bridgehead atoms. The van der Waals surface area contributed by atoms with Crippen LogP contribution in [0.25, 0.3) is 17.1 Å². The van der Waals surface area contributed by atoms with Crippen LogP contribution in [0.15, 0.2) is 80.8 Å². The van der Waals surface area contributed by atoms with Gasteiger partial charge in [-0.15, -0.1) is 0 Å². The summed E-state index contributed by atoms with van der Waals surface area (Å²) >= 11 is 0. The predicted molar refractivity (Wildman–Crippen MR) is 114 cm³/mol. The normalized spacial score (nSPS) is 13.5. The molecule has 0 radical (unpaired) electrons. The van der Waals surface area contributed by atoms with Gasteiger partial charge in [0.1, 0.15) is 0 Å². The third kappa shape index (κ3) is 4.87. The van der Waals surface area contributed by atoms with Gasteiger partial charge in [-0.3, -0.25) is 4.79 Å². The van der Waals surface area contributed by atoms with Crippen molar-refractivity contribution < 1.29 is 26.7 Å². The summed E-state index contributed by atoms with van der Waals surface area (Å²) in [6.07, 6.45) is -0.149. The lowest BCUT2D eigenvalue weighted by Crippen LogP contribution is -2.04. The van der Waals surface area contributed by atoms with Crippen molar-refractivity contribution in [3.05, 3.63) is 84.0 Å². The highest BCUT2D eigenvalue weighted by Gasteiger charge is 2.38. The van der Waals surface area contributed by atoms with E-state index in [4.69, 9.17) is 0 Å². The van der Waals surface area contributed by atoms with E-state index >= 15 is 0 Å². The molecule has 170 valence electrons. The van der Waals surface area contributed by atoms with Gasteiger partial charge in [-0.1, -0.05) is 17.3 Å². The Morgan fingerprint density at radius 3 is 2.48 bits per heavy atom. The highest BCUT2D eigenvalue weighted by Crippen LogP contribution is 2.29. The Balaban J connectivity index is 1.55. The fourth-order valence-corrected chi connectivity index (χ4v) is 4.30. The van der Waals surface area contributed by atoms with Crippen molar-refractivity contribution >= 4 is 15.6 Å². The number of rotatable bonds is 4. The van der Waals surface area contributed by atoms with Gasteiger partial charge in [-0.2, -0.15) is 22.5 Å². The Labute approximate surface area is 187 Å². The SMILES string of the molecule is Cc1cccc(S(C)(=O)=NC(=O)c2ccn(-c3ccc(-c4noc(C(F)(F)F)n4)cc3)c2)c1. The lowest BCUT2D eigenvalue weighted by atomic mass is 10.2. The van der Waals surface area contributed by atoms with Gasteiger partial charge in [0.25, 0.3) is 5.91 Å². The molecule has 0 N–H and O–H groups in total. The molecule has 11 heteroatoms. The van der Waals surface area contributed by atoms with Gasteiger partial charge in [-0.05, 0) is 55.0 Å². The monoisotopic (exact) mass is 474 g/mol. The first-order chi connectivity index (χ1) is 15.5. The maximum absolute atomic E-state index is 13.0. The van der Waals surface area contributed by atoms with Crippen LogP contribution in [-0.2, 0) is 15.9 Å². The third-order valence-electron chi connectivity index (χ3n) is 4.72. The summed E-state index contributed by atoms with van der Waals surface area (Å²) < 4.78 is 60.7. The molecule has 2 heterocycles. The zero-order valence-electron chi connectivity index (χ0n) is 17.4. The summed E-state index contributed by atoms with van der Waals surface area (Å²) in [7, 11) is -2.92. The lowest BCUT2D eigenvalue weighted by Gasteiger charge is -2.05. The molecule has 1 amide bonds. The quantitative estimate of drug-likeness (QED) is 0.408. The number of hydrogen-bond acceptors (Lipinski definition) is 5. The number of benzene rings is 2. The first kappa shape index (κ1) is 22.5. The topological polar surface area (TPSA) is 90.3 Å². The van der Waals surface area contributed by atoms with Gasteiger partial charge in [0, 0.05) is 34.8 Å². The second-order valence-electron chi connectivity index (χ2n) is 7.29. The summed E-state index contributed by atoms with van der Waals surface area (Å²) in [6.45, 7) is 1.86. The predicted octanol–water partition coefficient (Wildman–Crippen LogP) is 5.15. The van der Waals surface area contributed by atoms with E-state index in [1.807, 2.05) is 13.0 Å². The van der Waals surface area contributed by atoms with Crippen LogP contribution < -0.4 is 0 Å². The summed E-state index contributed by atoms with van der Waals surface area (Å²) in [4.78, 5) is 16.4. The van der Waals surface area contributed by atoms with Crippen LogP contribution in [0.3, 0.4) is 0 Å². The van der Waals surface area contributed by atoms with Crippen LogP contribution in [0.2, 0.25) is 0 Å². The average Bonchev–Trinajstić information content (AvgIpc) is 3.44. The van der Waals surface area contributed by atoms with Crippen molar-refractivity contribution in [3.63, 3.8) is 0 Å². The van der Waals surface area contributed by atoms with Crippen molar-refractivity contribution in [1.29, 1.82) is 0 Å². The van der Waals surface area contributed by atoms with Crippen LogP contribution in [0, 0.1) is 6.92 Å². The molecule has 33 heavy (non-hydrogen) atoms. The fourth-order valence-electron chi connectivity index (χ4n) is 3.04. The molecule has 0 spiro atoms. The van der Waals surface area contributed by atoms with Gasteiger partial charge in [0.05, 0.1) is 15.3 Å². The Hall–Kier alpha value is -3.73. The van der Waals surface area contributed by atoms with E-state index in [1.165, 1.54) is 24.6 Å². The molecule has 7 nitrogen and oxygen atoms in total. The van der Waals surface area contributed by atoms with Gasteiger partial charge >= 0.3 is 12.1 Å². The number of aromatic nitrogens is 3. The van der Waals surface area contributed by atoms with E-state index in [-0.39, 0.29) is 11.4 Å². The second-order valence-corrected chi connectivity index (χ2v) is 9.55. The Morgan fingerprint density at radius 1 is 1.12 bits per heavy atom. The van der Waals surface area contributed by atoms with Crippen molar-refractivity contribution in [2.45, 2.75) is 18.0 Å². The van der Waals surface area contributed by atoms with Crippen LogP contribution in [0.4, 0.5) is 13.2 Å². The van der Waals surface area contributed by atoms with E-state index in [0.717, 1.165) is 5.56 Å². The number of amides is 1. The third-order valence-corrected chi connectivity index (χ3v) is 6.36. The van der Waals surface area contributed by atoms with E-state index in [9.17, 15) is 22.2 Å². The van der Waals surface area contributed by atoms with Crippen molar-refractivity contribution in [1.82, 2.24) is 14.7 Å². The fraction of sp³-hybridized carbons (Fsp3) is 0.136. The maximum atomic E-state index is 13.0. The standard InChI is InChI=1S/C22H17F3N4O3S/c1-14-4-3-5-18(12-14)33(2,31)28-20(30)16-10-11-29(13-16)17-8-6-15(7-9-17)19-26-21(32-27-19)22(23,24)25/h3-13H,1-2H3. The Morgan fingerprint density at radius 2 is 1.85 bits per heavy atom. The van der Waals surface area contributed by atoms with Crippen molar-refractivity contribution in [2.75, 3.05) is 6.26 Å². The molecule has 4 aromatic rings. The van der Waals surface area contributed by atoms with Crippen LogP contribution in [-0.4, -0.2) is 31.1 Å². The minimum atomic E-state index is -4.72. The largest absolute Gasteiger partial charge is 0.471 e. The van der Waals surface area contributed by atoms with Gasteiger partial charge in [-0.25, -0.2) is 4.21 Å². The molecule has 1 unspecified atom stereocenters. The Bertz CT molecular complexity index is 1450. The molecule has 4 rings (SSSR count). The number of nitrogens with zero attached hydrogens (tertiary/aromatic N) is 4. The zero-order valence-corrected chi connectivity index (χ0v) is 18.2. The van der Waals surface area contributed by atoms with E-state index in [1.54, 1.807) is 47.2 Å². The molecule has 0 fully saturated rings. The number of halogens is 3. The summed E-state index contributed by atoms with van der Waals surface area (Å²) in [5, 5.41) is 3.35. The molecule has 0 aliphatic heterocycles. The first-order valence-electron chi connectivity index (χ1n) is 9.56. The first-order valence-corrected chi connectivity index (χ1v) is 11.5. The van der Waals surface area contributed by atoms with Gasteiger partial charge < -0.3 is 9.09 Å². The molecule has 2 aromatic heterocycles. The highest BCUT2D eigenvalue weighted by molar-refractivity contribution is 7.93. The molecular weight excluding hydrogens is 457 g/mol. The summed E-state index contributed by atoms with van der Waals surface area (Å²) in [5.41, 5.74) is 2.12. The lowest BCUT2D eigenvalue weighted by molar-refractivity contribution is -0.159. The summed E-state index contributed by atoms with van der Waals surface area (Å²) in [6, 6.07) is 14.9. The second kappa shape index (κ2) is 8.32. The van der Waals surface area contributed by atoms with Gasteiger partial charge in [0.2, 0.25) is 5.82 Å². The minimum Gasteiger partial charge on any atom is -0.329 e. The summed E-state index contributed by atoms with van der Waals surface area (Å²) in [5.74, 6) is -2.23. The molecule has 0 saturated heterocycles. The molecular formula is C22H17F3N4O3S. The van der Waals surface area contributed by atoms with Gasteiger partial charge in [0.15, 0.2) is 0 Å². The average molecular weight is 474 g/mol. The van der Waals surface area contributed by atoms with Crippen LogP contribution >= 0.6 is 0 Å². The molecule has 0 aliphatic carbocycles. The minimum absolute atomic E-state index is 0.190. The van der Waals surface area contributed by atoms with Crippen LogP contribution in [0.5, 0.6) is 0 Å². The highest BCUT2D eigenvalue weighted by atomic mass is 32.2. The number of hydrogen-bond donors (Lipinski definition) is 0. The maximum Gasteiger partial charge on any atom is 0.471 e. The number of carbonyl (C=O) groups excluding carboxylic acids is 1. The smallest absolute Gasteiger partial charge is 0.329 e.